The number of amides is 2. The van der Waals surface area contributed by atoms with Crippen LogP contribution in [0.25, 0.3) is 10.8 Å². The Morgan fingerprint density at radius 1 is 1.15 bits per heavy atom. The number of ether oxygens (including phenoxy) is 2. The highest BCUT2D eigenvalue weighted by molar-refractivity contribution is 6.03. The number of hydrogen-bond donors (Lipinski definition) is 2. The predicted octanol–water partition coefficient (Wildman–Crippen LogP) is 5.01. The monoisotopic (exact) mass is 461 g/mol. The highest BCUT2D eigenvalue weighted by Gasteiger charge is 2.33. The summed E-state index contributed by atoms with van der Waals surface area (Å²) in [6, 6.07) is 17.0. The molecule has 0 aromatic heterocycles. The Bertz CT molecular complexity index is 1230. The van der Waals surface area contributed by atoms with Crippen LogP contribution in [-0.2, 0) is 16.1 Å². The van der Waals surface area contributed by atoms with Crippen LogP contribution in [0.4, 0.5) is 16.2 Å². The molecule has 0 fully saturated rings. The van der Waals surface area contributed by atoms with Gasteiger partial charge in [-0.3, -0.25) is 4.79 Å². The Balaban J connectivity index is 1.74. The summed E-state index contributed by atoms with van der Waals surface area (Å²) in [5, 5.41) is 8.14. The molecule has 178 valence electrons. The van der Waals surface area contributed by atoms with E-state index in [4.69, 9.17) is 9.47 Å². The standard InChI is InChI=1S/C27H31N3O4/c1-17-10-12-19-18(14-17)11-13-24(33-5)20(19)16-30-23-9-7-6-8-21(23)28-15-22(25(30)31)29-26(32)34-27(2,3)4/h6-14,22,28H,15-16H2,1-5H3,(H,29,32). The summed E-state index contributed by atoms with van der Waals surface area (Å²) in [6.07, 6.45) is -0.628. The van der Waals surface area contributed by atoms with Crippen molar-refractivity contribution in [3.63, 3.8) is 0 Å². The normalized spacial score (nSPS) is 15.9. The summed E-state index contributed by atoms with van der Waals surface area (Å²) in [7, 11) is 1.63. The van der Waals surface area contributed by atoms with Crippen molar-refractivity contribution in [1.29, 1.82) is 0 Å². The van der Waals surface area contributed by atoms with E-state index in [0.29, 0.717) is 5.75 Å². The van der Waals surface area contributed by atoms with Crippen LogP contribution in [-0.4, -0.2) is 37.3 Å². The third-order valence-corrected chi connectivity index (χ3v) is 5.73. The average molecular weight is 462 g/mol. The lowest BCUT2D eigenvalue weighted by atomic mass is 10.0. The average Bonchev–Trinajstić information content (AvgIpc) is 2.90. The molecule has 1 aliphatic rings. The van der Waals surface area contributed by atoms with Crippen molar-refractivity contribution >= 4 is 34.1 Å². The Morgan fingerprint density at radius 2 is 1.91 bits per heavy atom. The molecule has 1 unspecified atom stereocenters. The number of rotatable bonds is 4. The molecule has 0 aliphatic carbocycles. The van der Waals surface area contributed by atoms with Crippen LogP contribution in [0, 0.1) is 6.92 Å². The van der Waals surface area contributed by atoms with E-state index in [1.807, 2.05) is 36.4 Å². The van der Waals surface area contributed by atoms with Gasteiger partial charge in [-0.2, -0.15) is 0 Å². The van der Waals surface area contributed by atoms with E-state index in [-0.39, 0.29) is 19.0 Å². The van der Waals surface area contributed by atoms with E-state index in [1.54, 1.807) is 32.8 Å². The first kappa shape index (κ1) is 23.4. The number of nitrogens with one attached hydrogen (secondary N) is 2. The van der Waals surface area contributed by atoms with Crippen molar-refractivity contribution in [2.75, 3.05) is 23.9 Å². The molecule has 1 heterocycles. The summed E-state index contributed by atoms with van der Waals surface area (Å²) in [5.41, 5.74) is 2.96. The number of aryl methyl sites for hydroxylation is 1. The number of alkyl carbamates (subject to hydrolysis) is 1. The zero-order chi connectivity index (χ0) is 24.5. The second kappa shape index (κ2) is 9.25. The minimum atomic E-state index is -0.800. The van der Waals surface area contributed by atoms with Gasteiger partial charge in [0.2, 0.25) is 0 Å². The quantitative estimate of drug-likeness (QED) is 0.571. The lowest BCUT2D eigenvalue weighted by Gasteiger charge is -2.27. The molecular formula is C27H31N3O4. The number of para-hydroxylation sites is 2. The van der Waals surface area contributed by atoms with Gasteiger partial charge in [-0.15, -0.1) is 0 Å². The van der Waals surface area contributed by atoms with Gasteiger partial charge < -0.3 is 25.0 Å². The number of carbonyl (C=O) groups is 2. The van der Waals surface area contributed by atoms with Gasteiger partial charge in [-0.25, -0.2) is 4.79 Å². The zero-order valence-electron chi connectivity index (χ0n) is 20.3. The third-order valence-electron chi connectivity index (χ3n) is 5.73. The van der Waals surface area contributed by atoms with Gasteiger partial charge in [0.15, 0.2) is 0 Å². The Hall–Kier alpha value is -3.74. The maximum Gasteiger partial charge on any atom is 0.408 e. The SMILES string of the molecule is COc1ccc2cc(C)ccc2c1CN1C(=O)C(NC(=O)OC(C)(C)C)CNc2ccccc21. The van der Waals surface area contributed by atoms with Crippen molar-refractivity contribution in [1.82, 2.24) is 5.32 Å². The fourth-order valence-corrected chi connectivity index (χ4v) is 4.20. The molecule has 3 aromatic carbocycles. The molecule has 7 nitrogen and oxygen atoms in total. The van der Waals surface area contributed by atoms with Crippen LogP contribution >= 0.6 is 0 Å². The summed E-state index contributed by atoms with van der Waals surface area (Å²) in [6.45, 7) is 7.95. The van der Waals surface area contributed by atoms with Crippen molar-refractivity contribution in [2.45, 2.75) is 45.9 Å². The summed E-state index contributed by atoms with van der Waals surface area (Å²) < 4.78 is 11.1. The van der Waals surface area contributed by atoms with Crippen LogP contribution in [0.5, 0.6) is 5.75 Å². The van der Waals surface area contributed by atoms with Gasteiger partial charge in [-0.05, 0) is 56.7 Å². The maximum absolute atomic E-state index is 13.8. The van der Waals surface area contributed by atoms with Gasteiger partial charge in [0.25, 0.3) is 5.91 Å². The molecule has 7 heteroatoms. The van der Waals surface area contributed by atoms with Gasteiger partial charge in [0.1, 0.15) is 17.4 Å². The smallest absolute Gasteiger partial charge is 0.408 e. The minimum Gasteiger partial charge on any atom is -0.496 e. The van der Waals surface area contributed by atoms with E-state index in [9.17, 15) is 9.59 Å². The highest BCUT2D eigenvalue weighted by atomic mass is 16.6. The van der Waals surface area contributed by atoms with Crippen molar-refractivity contribution in [2.24, 2.45) is 0 Å². The van der Waals surface area contributed by atoms with E-state index in [2.05, 4.69) is 35.8 Å². The Labute approximate surface area is 200 Å². The molecular weight excluding hydrogens is 430 g/mol. The molecule has 0 radical (unpaired) electrons. The molecule has 34 heavy (non-hydrogen) atoms. The molecule has 0 bridgehead atoms. The molecule has 2 amide bonds. The number of fused-ring (bicyclic) bond motifs is 2. The maximum atomic E-state index is 13.8. The summed E-state index contributed by atoms with van der Waals surface area (Å²) in [5.74, 6) is 0.477. The molecule has 2 N–H and O–H groups in total. The molecule has 0 saturated heterocycles. The lowest BCUT2D eigenvalue weighted by Crippen LogP contribution is -2.51. The van der Waals surface area contributed by atoms with Crippen molar-refractivity contribution in [3.8, 4) is 5.75 Å². The first-order valence-electron chi connectivity index (χ1n) is 11.4. The second-order valence-electron chi connectivity index (χ2n) is 9.49. The van der Waals surface area contributed by atoms with Gasteiger partial charge >= 0.3 is 6.09 Å². The number of anilines is 2. The summed E-state index contributed by atoms with van der Waals surface area (Å²) in [4.78, 5) is 28.0. The molecule has 3 aromatic rings. The molecule has 0 spiro atoms. The fraction of sp³-hybridized carbons (Fsp3) is 0.333. The van der Waals surface area contributed by atoms with Crippen LogP contribution in [0.2, 0.25) is 0 Å². The lowest BCUT2D eigenvalue weighted by molar-refractivity contribution is -0.120. The van der Waals surface area contributed by atoms with E-state index in [1.165, 1.54) is 0 Å². The first-order valence-corrected chi connectivity index (χ1v) is 11.4. The number of carbonyl (C=O) groups excluding carboxylic acids is 2. The molecule has 4 rings (SSSR count). The number of methoxy groups -OCH3 is 1. The largest absolute Gasteiger partial charge is 0.496 e. The minimum absolute atomic E-state index is 0.227. The van der Waals surface area contributed by atoms with Gasteiger partial charge in [-0.1, -0.05) is 42.0 Å². The number of nitrogens with zero attached hydrogens (tertiary/aromatic N) is 1. The molecule has 0 saturated carbocycles. The van der Waals surface area contributed by atoms with Gasteiger partial charge in [0, 0.05) is 12.1 Å². The van der Waals surface area contributed by atoms with Gasteiger partial charge in [0.05, 0.1) is 25.0 Å². The van der Waals surface area contributed by atoms with Crippen LogP contribution in [0.3, 0.4) is 0 Å². The van der Waals surface area contributed by atoms with Crippen molar-refractivity contribution in [3.05, 3.63) is 65.7 Å². The van der Waals surface area contributed by atoms with Crippen LogP contribution in [0.1, 0.15) is 31.9 Å². The van der Waals surface area contributed by atoms with Crippen LogP contribution < -0.4 is 20.3 Å². The Morgan fingerprint density at radius 3 is 2.65 bits per heavy atom. The van der Waals surface area contributed by atoms with E-state index >= 15 is 0 Å². The first-order chi connectivity index (χ1) is 16.2. The van der Waals surface area contributed by atoms with E-state index in [0.717, 1.165) is 33.3 Å². The number of benzene rings is 3. The molecule has 1 atom stereocenters. The predicted molar refractivity (Wildman–Crippen MR) is 135 cm³/mol. The fourth-order valence-electron chi connectivity index (χ4n) is 4.20. The Kier molecular flexibility index (Phi) is 6.37. The molecule has 1 aliphatic heterocycles. The zero-order valence-corrected chi connectivity index (χ0v) is 20.3. The topological polar surface area (TPSA) is 79.9 Å². The van der Waals surface area contributed by atoms with Crippen molar-refractivity contribution < 1.29 is 19.1 Å². The van der Waals surface area contributed by atoms with Crippen LogP contribution in [0.15, 0.2) is 54.6 Å². The highest BCUT2D eigenvalue weighted by Crippen LogP contribution is 2.35. The second-order valence-corrected chi connectivity index (χ2v) is 9.49. The third kappa shape index (κ3) is 4.93. The summed E-state index contributed by atoms with van der Waals surface area (Å²) >= 11 is 0. The van der Waals surface area contributed by atoms with E-state index < -0.39 is 17.7 Å². The number of hydrogen-bond acceptors (Lipinski definition) is 5.